The Bertz CT molecular complexity index is 1180. The highest BCUT2D eigenvalue weighted by atomic mass is 16.5. The van der Waals surface area contributed by atoms with Gasteiger partial charge in [0.05, 0.1) is 31.1 Å². The number of nitrogens with zero attached hydrogens (tertiary/aromatic N) is 5. The van der Waals surface area contributed by atoms with E-state index >= 15 is 0 Å². The van der Waals surface area contributed by atoms with Gasteiger partial charge in [-0.05, 0) is 12.1 Å². The Kier molecular flexibility index (Phi) is 3.10. The van der Waals surface area contributed by atoms with Crippen LogP contribution in [0.2, 0.25) is 0 Å². The molecule has 0 saturated carbocycles. The normalized spacial score (nSPS) is 15.8. The summed E-state index contributed by atoms with van der Waals surface area (Å²) in [6.07, 6.45) is 1.14. The van der Waals surface area contributed by atoms with Crippen molar-refractivity contribution in [2.45, 2.75) is 12.8 Å². The van der Waals surface area contributed by atoms with Gasteiger partial charge in [-0.3, -0.25) is 0 Å². The van der Waals surface area contributed by atoms with Crippen LogP contribution >= 0.6 is 0 Å². The number of para-hydroxylation sites is 1. The van der Waals surface area contributed by atoms with Gasteiger partial charge in [-0.15, -0.1) is 5.10 Å². The van der Waals surface area contributed by atoms with E-state index < -0.39 is 12.2 Å². The highest BCUT2D eigenvalue weighted by Gasteiger charge is 2.30. The Morgan fingerprint density at radius 3 is 2.88 bits per heavy atom. The van der Waals surface area contributed by atoms with Gasteiger partial charge in [-0.25, -0.2) is 14.5 Å². The molecule has 4 heterocycles. The molecule has 0 spiro atoms. The van der Waals surface area contributed by atoms with E-state index in [0.717, 1.165) is 27.5 Å². The molecule has 0 amide bonds. The second kappa shape index (κ2) is 5.37. The van der Waals surface area contributed by atoms with Gasteiger partial charge in [0.25, 0.3) is 0 Å². The first-order valence-electron chi connectivity index (χ1n) is 8.15. The molecule has 3 aromatic heterocycles. The van der Waals surface area contributed by atoms with Gasteiger partial charge >= 0.3 is 5.97 Å². The standard InChI is InChI=1S/C18H15N5O3/c1-25-17-15-16-12(7-13(20-15)18(24)26-2)11-5-3-4-6-14(11)22(16)9-10-8-19-21-23(10)17/h3-8,17H,9H2,1-2H3. The van der Waals surface area contributed by atoms with Crippen LogP contribution in [0.25, 0.3) is 21.8 Å². The fourth-order valence-corrected chi connectivity index (χ4v) is 3.71. The molecule has 0 bridgehead atoms. The van der Waals surface area contributed by atoms with Gasteiger partial charge in [0.15, 0.2) is 6.23 Å². The minimum atomic E-state index is -0.579. The van der Waals surface area contributed by atoms with Gasteiger partial charge in [0, 0.05) is 23.4 Å². The number of benzene rings is 1. The average molecular weight is 349 g/mol. The van der Waals surface area contributed by atoms with Crippen LogP contribution in [0.3, 0.4) is 0 Å². The first-order valence-corrected chi connectivity index (χ1v) is 8.15. The van der Waals surface area contributed by atoms with E-state index in [1.165, 1.54) is 7.11 Å². The van der Waals surface area contributed by atoms with E-state index in [1.807, 2.05) is 18.2 Å². The second-order valence-electron chi connectivity index (χ2n) is 6.14. The minimum Gasteiger partial charge on any atom is -0.464 e. The summed E-state index contributed by atoms with van der Waals surface area (Å²) >= 11 is 0. The van der Waals surface area contributed by atoms with Crippen molar-refractivity contribution in [2.24, 2.45) is 0 Å². The Balaban J connectivity index is 1.97. The van der Waals surface area contributed by atoms with Crippen LogP contribution in [0.5, 0.6) is 0 Å². The zero-order valence-corrected chi connectivity index (χ0v) is 14.2. The summed E-state index contributed by atoms with van der Waals surface area (Å²) in [6, 6.07) is 9.85. The van der Waals surface area contributed by atoms with Crippen molar-refractivity contribution >= 4 is 27.8 Å². The highest BCUT2D eigenvalue weighted by molar-refractivity contribution is 6.10. The minimum absolute atomic E-state index is 0.239. The molecular weight excluding hydrogens is 334 g/mol. The summed E-state index contributed by atoms with van der Waals surface area (Å²) in [7, 11) is 2.94. The highest BCUT2D eigenvalue weighted by Crippen LogP contribution is 2.37. The van der Waals surface area contributed by atoms with E-state index in [2.05, 4.69) is 25.9 Å². The monoisotopic (exact) mass is 349 g/mol. The molecule has 130 valence electrons. The van der Waals surface area contributed by atoms with Crippen LogP contribution in [0.4, 0.5) is 0 Å². The van der Waals surface area contributed by atoms with Crippen molar-refractivity contribution in [2.75, 3.05) is 14.2 Å². The fraction of sp³-hybridized carbons (Fsp3) is 0.222. The quantitative estimate of drug-likeness (QED) is 0.516. The summed E-state index contributed by atoms with van der Waals surface area (Å²) < 4.78 is 14.5. The molecule has 8 nitrogen and oxygen atoms in total. The third-order valence-electron chi connectivity index (χ3n) is 4.82. The van der Waals surface area contributed by atoms with Crippen molar-refractivity contribution in [3.8, 4) is 0 Å². The van der Waals surface area contributed by atoms with Crippen LogP contribution < -0.4 is 0 Å². The Morgan fingerprint density at radius 2 is 2.08 bits per heavy atom. The molecule has 1 aliphatic rings. The first-order chi connectivity index (χ1) is 12.7. The SMILES string of the molecule is COC(=O)c1cc2c3ccccc3n3c2c(n1)C(OC)n1nncc1C3. The number of fused-ring (bicyclic) bond motifs is 4. The van der Waals surface area contributed by atoms with E-state index in [0.29, 0.717) is 12.2 Å². The summed E-state index contributed by atoms with van der Waals surface area (Å²) in [5.41, 5.74) is 3.74. The molecular formula is C18H15N5O3. The number of esters is 1. The maximum atomic E-state index is 12.2. The van der Waals surface area contributed by atoms with Crippen LogP contribution in [-0.2, 0) is 16.0 Å². The lowest BCUT2D eigenvalue weighted by molar-refractivity contribution is 0.0572. The fourth-order valence-electron chi connectivity index (χ4n) is 3.71. The molecule has 1 unspecified atom stereocenters. The molecule has 0 fully saturated rings. The Hall–Kier alpha value is -3.26. The molecule has 26 heavy (non-hydrogen) atoms. The largest absolute Gasteiger partial charge is 0.464 e. The zero-order valence-electron chi connectivity index (χ0n) is 14.2. The molecule has 0 radical (unpaired) electrons. The molecule has 0 saturated heterocycles. The molecule has 1 aliphatic heterocycles. The number of rotatable bonds is 2. The van der Waals surface area contributed by atoms with Crippen molar-refractivity contribution in [3.05, 3.63) is 53.6 Å². The number of carbonyl (C=O) groups is 1. The number of aromatic nitrogens is 5. The summed E-state index contributed by atoms with van der Waals surface area (Å²) in [5, 5.41) is 10.2. The molecule has 4 aromatic rings. The van der Waals surface area contributed by atoms with E-state index in [9.17, 15) is 4.79 Å². The number of hydrogen-bond donors (Lipinski definition) is 0. The number of carbonyl (C=O) groups excluding carboxylic acids is 1. The predicted molar refractivity (Wildman–Crippen MR) is 92.9 cm³/mol. The Labute approximate surface area is 147 Å². The number of hydrogen-bond acceptors (Lipinski definition) is 6. The molecule has 0 aliphatic carbocycles. The van der Waals surface area contributed by atoms with Gasteiger partial charge in [-0.1, -0.05) is 23.4 Å². The van der Waals surface area contributed by atoms with Crippen molar-refractivity contribution < 1.29 is 14.3 Å². The molecule has 5 rings (SSSR count). The maximum Gasteiger partial charge on any atom is 0.356 e. The third-order valence-corrected chi connectivity index (χ3v) is 4.82. The lowest BCUT2D eigenvalue weighted by Gasteiger charge is -2.16. The van der Waals surface area contributed by atoms with Gasteiger partial charge in [-0.2, -0.15) is 0 Å². The number of ether oxygens (including phenoxy) is 2. The lowest BCUT2D eigenvalue weighted by atomic mass is 10.1. The van der Waals surface area contributed by atoms with Crippen molar-refractivity contribution in [1.82, 2.24) is 24.5 Å². The van der Waals surface area contributed by atoms with Crippen LogP contribution in [0.15, 0.2) is 36.5 Å². The summed E-state index contributed by atoms with van der Waals surface area (Å²) in [6.45, 7) is 0.586. The van der Waals surface area contributed by atoms with Gasteiger partial charge < -0.3 is 14.0 Å². The van der Waals surface area contributed by atoms with Crippen LogP contribution in [0.1, 0.15) is 28.1 Å². The van der Waals surface area contributed by atoms with E-state index in [4.69, 9.17) is 9.47 Å². The van der Waals surface area contributed by atoms with Gasteiger partial charge in [0.1, 0.15) is 11.4 Å². The molecule has 8 heteroatoms. The summed E-state index contributed by atoms with van der Waals surface area (Å²) in [4.78, 5) is 16.8. The van der Waals surface area contributed by atoms with Crippen molar-refractivity contribution in [1.29, 1.82) is 0 Å². The summed E-state index contributed by atoms with van der Waals surface area (Å²) in [5.74, 6) is -0.488. The second-order valence-corrected chi connectivity index (χ2v) is 6.14. The smallest absolute Gasteiger partial charge is 0.356 e. The predicted octanol–water partition coefficient (Wildman–Crippen LogP) is 2.12. The molecule has 1 aromatic carbocycles. The molecule has 0 N–H and O–H groups in total. The van der Waals surface area contributed by atoms with Crippen LogP contribution in [-0.4, -0.2) is 44.7 Å². The number of pyridine rings is 1. The van der Waals surface area contributed by atoms with Crippen LogP contribution in [0, 0.1) is 0 Å². The first kappa shape index (κ1) is 15.0. The third kappa shape index (κ3) is 1.87. The lowest BCUT2D eigenvalue weighted by Crippen LogP contribution is -2.18. The molecule has 1 atom stereocenters. The maximum absolute atomic E-state index is 12.2. The van der Waals surface area contributed by atoms with Gasteiger partial charge in [0.2, 0.25) is 0 Å². The van der Waals surface area contributed by atoms with E-state index in [1.54, 1.807) is 24.1 Å². The average Bonchev–Trinajstić information content (AvgIpc) is 3.22. The topological polar surface area (TPSA) is 84.1 Å². The van der Waals surface area contributed by atoms with Crippen molar-refractivity contribution in [3.63, 3.8) is 0 Å². The Morgan fingerprint density at radius 1 is 1.23 bits per heavy atom. The number of methoxy groups -OCH3 is 2. The van der Waals surface area contributed by atoms with E-state index in [-0.39, 0.29) is 5.69 Å². The zero-order chi connectivity index (χ0) is 17.8.